The molecule has 0 aliphatic heterocycles. The molecular weight excluding hydrogens is 140 g/mol. The largest absolute Gasteiger partial charge is 0.396 e. The minimum Gasteiger partial charge on any atom is -0.396 e. The molecule has 0 amide bonds. The van der Waals surface area contributed by atoms with E-state index in [1.807, 2.05) is 6.92 Å². The SMILES string of the molecule is CCOCCCC(CC)CO. The van der Waals surface area contributed by atoms with Crippen molar-refractivity contribution < 1.29 is 9.84 Å². The van der Waals surface area contributed by atoms with Crippen LogP contribution in [0.15, 0.2) is 0 Å². The van der Waals surface area contributed by atoms with Gasteiger partial charge in [-0.2, -0.15) is 0 Å². The van der Waals surface area contributed by atoms with Crippen LogP contribution in [0.4, 0.5) is 0 Å². The fourth-order valence-electron chi connectivity index (χ4n) is 1.04. The van der Waals surface area contributed by atoms with Gasteiger partial charge in [0.1, 0.15) is 0 Å². The molecule has 2 heteroatoms. The summed E-state index contributed by atoms with van der Waals surface area (Å²) in [5.74, 6) is 0.482. The summed E-state index contributed by atoms with van der Waals surface area (Å²) < 4.78 is 5.19. The van der Waals surface area contributed by atoms with Crippen molar-refractivity contribution in [1.29, 1.82) is 0 Å². The number of rotatable bonds is 7. The third kappa shape index (κ3) is 6.32. The first-order valence-corrected chi connectivity index (χ1v) is 4.53. The lowest BCUT2D eigenvalue weighted by molar-refractivity contribution is 0.132. The molecular formula is C9H20O2. The molecule has 68 valence electrons. The Bertz CT molecular complexity index is 70.0. The standard InChI is InChI=1S/C9H20O2/c1-3-9(8-10)6-5-7-11-4-2/h9-10H,3-8H2,1-2H3. The second-order valence-corrected chi connectivity index (χ2v) is 2.80. The molecule has 0 fully saturated rings. The Labute approximate surface area is 69.6 Å². The van der Waals surface area contributed by atoms with Gasteiger partial charge in [-0.05, 0) is 25.7 Å². The van der Waals surface area contributed by atoms with Crippen molar-refractivity contribution in [2.24, 2.45) is 5.92 Å². The van der Waals surface area contributed by atoms with E-state index in [9.17, 15) is 0 Å². The lowest BCUT2D eigenvalue weighted by Crippen LogP contribution is -2.06. The fraction of sp³-hybridized carbons (Fsp3) is 1.00. The number of aliphatic hydroxyl groups excluding tert-OH is 1. The third-order valence-electron chi connectivity index (χ3n) is 1.94. The van der Waals surface area contributed by atoms with Gasteiger partial charge in [-0.3, -0.25) is 0 Å². The van der Waals surface area contributed by atoms with Crippen LogP contribution >= 0.6 is 0 Å². The zero-order valence-corrected chi connectivity index (χ0v) is 7.68. The lowest BCUT2D eigenvalue weighted by atomic mass is 10.0. The number of hydrogen-bond donors (Lipinski definition) is 1. The van der Waals surface area contributed by atoms with Crippen LogP contribution in [0.5, 0.6) is 0 Å². The predicted octanol–water partition coefficient (Wildman–Crippen LogP) is 1.82. The summed E-state index contributed by atoms with van der Waals surface area (Å²) in [7, 11) is 0. The van der Waals surface area contributed by atoms with Crippen LogP contribution in [-0.4, -0.2) is 24.9 Å². The highest BCUT2D eigenvalue weighted by molar-refractivity contribution is 4.54. The monoisotopic (exact) mass is 160 g/mol. The molecule has 1 unspecified atom stereocenters. The molecule has 0 aromatic rings. The first-order valence-electron chi connectivity index (χ1n) is 4.53. The summed E-state index contributed by atoms with van der Waals surface area (Å²) in [6.45, 7) is 6.08. The quantitative estimate of drug-likeness (QED) is 0.576. The Morgan fingerprint density at radius 2 is 2.09 bits per heavy atom. The lowest BCUT2D eigenvalue weighted by Gasteiger charge is -2.10. The summed E-state index contributed by atoms with van der Waals surface area (Å²) in [6, 6.07) is 0. The van der Waals surface area contributed by atoms with E-state index < -0.39 is 0 Å². The van der Waals surface area contributed by atoms with E-state index in [0.717, 1.165) is 32.5 Å². The Morgan fingerprint density at radius 1 is 1.36 bits per heavy atom. The fourth-order valence-corrected chi connectivity index (χ4v) is 1.04. The van der Waals surface area contributed by atoms with Gasteiger partial charge in [0, 0.05) is 19.8 Å². The van der Waals surface area contributed by atoms with Crippen molar-refractivity contribution in [1.82, 2.24) is 0 Å². The summed E-state index contributed by atoms with van der Waals surface area (Å²) in [6.07, 6.45) is 3.24. The maximum Gasteiger partial charge on any atom is 0.0466 e. The van der Waals surface area contributed by atoms with Crippen LogP contribution in [0, 0.1) is 5.92 Å². The molecule has 0 aromatic heterocycles. The molecule has 0 aliphatic rings. The van der Waals surface area contributed by atoms with E-state index in [0.29, 0.717) is 12.5 Å². The van der Waals surface area contributed by atoms with Gasteiger partial charge in [-0.25, -0.2) is 0 Å². The van der Waals surface area contributed by atoms with Gasteiger partial charge in [0.2, 0.25) is 0 Å². The van der Waals surface area contributed by atoms with E-state index >= 15 is 0 Å². The zero-order valence-electron chi connectivity index (χ0n) is 7.68. The summed E-state index contributed by atoms with van der Waals surface area (Å²) in [4.78, 5) is 0. The maximum absolute atomic E-state index is 8.84. The normalized spacial score (nSPS) is 13.4. The second kappa shape index (κ2) is 8.02. The highest BCUT2D eigenvalue weighted by Gasteiger charge is 2.02. The summed E-state index contributed by atoms with van der Waals surface area (Å²) in [5, 5.41) is 8.84. The van der Waals surface area contributed by atoms with Gasteiger partial charge in [-0.1, -0.05) is 13.3 Å². The first-order chi connectivity index (χ1) is 5.35. The highest BCUT2D eigenvalue weighted by Crippen LogP contribution is 2.09. The second-order valence-electron chi connectivity index (χ2n) is 2.80. The Kier molecular flexibility index (Phi) is 7.96. The van der Waals surface area contributed by atoms with E-state index in [-0.39, 0.29) is 0 Å². The van der Waals surface area contributed by atoms with E-state index in [1.165, 1.54) is 0 Å². The molecule has 0 bridgehead atoms. The van der Waals surface area contributed by atoms with Gasteiger partial charge in [0.15, 0.2) is 0 Å². The van der Waals surface area contributed by atoms with Gasteiger partial charge in [-0.15, -0.1) is 0 Å². The Morgan fingerprint density at radius 3 is 2.55 bits per heavy atom. The van der Waals surface area contributed by atoms with Crippen LogP contribution in [0.3, 0.4) is 0 Å². The van der Waals surface area contributed by atoms with Crippen molar-refractivity contribution in [2.45, 2.75) is 33.1 Å². The number of ether oxygens (including phenoxy) is 1. The zero-order chi connectivity index (χ0) is 8.53. The van der Waals surface area contributed by atoms with Crippen molar-refractivity contribution in [3.8, 4) is 0 Å². The molecule has 0 radical (unpaired) electrons. The Balaban J connectivity index is 3.07. The molecule has 0 spiro atoms. The third-order valence-corrected chi connectivity index (χ3v) is 1.94. The first kappa shape index (κ1) is 10.9. The van der Waals surface area contributed by atoms with Crippen LogP contribution < -0.4 is 0 Å². The van der Waals surface area contributed by atoms with Crippen LogP contribution in [-0.2, 0) is 4.74 Å². The molecule has 0 heterocycles. The topological polar surface area (TPSA) is 29.5 Å². The molecule has 2 nitrogen and oxygen atoms in total. The average Bonchev–Trinajstić information content (AvgIpc) is 2.05. The summed E-state index contributed by atoms with van der Waals surface area (Å²) >= 11 is 0. The average molecular weight is 160 g/mol. The minimum atomic E-state index is 0.322. The van der Waals surface area contributed by atoms with E-state index in [2.05, 4.69) is 6.92 Å². The molecule has 0 aromatic carbocycles. The number of aliphatic hydroxyl groups is 1. The molecule has 0 saturated carbocycles. The smallest absolute Gasteiger partial charge is 0.0466 e. The predicted molar refractivity (Wildman–Crippen MR) is 46.6 cm³/mol. The van der Waals surface area contributed by atoms with E-state index in [4.69, 9.17) is 9.84 Å². The van der Waals surface area contributed by atoms with E-state index in [1.54, 1.807) is 0 Å². The van der Waals surface area contributed by atoms with Gasteiger partial charge < -0.3 is 9.84 Å². The van der Waals surface area contributed by atoms with Crippen molar-refractivity contribution in [2.75, 3.05) is 19.8 Å². The summed E-state index contributed by atoms with van der Waals surface area (Å²) in [5.41, 5.74) is 0. The van der Waals surface area contributed by atoms with Gasteiger partial charge in [0.05, 0.1) is 0 Å². The van der Waals surface area contributed by atoms with Crippen molar-refractivity contribution in [3.05, 3.63) is 0 Å². The Hall–Kier alpha value is -0.0800. The highest BCUT2D eigenvalue weighted by atomic mass is 16.5. The van der Waals surface area contributed by atoms with Crippen LogP contribution in [0.1, 0.15) is 33.1 Å². The van der Waals surface area contributed by atoms with Crippen molar-refractivity contribution >= 4 is 0 Å². The van der Waals surface area contributed by atoms with Crippen LogP contribution in [0.25, 0.3) is 0 Å². The molecule has 11 heavy (non-hydrogen) atoms. The van der Waals surface area contributed by atoms with Gasteiger partial charge >= 0.3 is 0 Å². The van der Waals surface area contributed by atoms with Crippen molar-refractivity contribution in [3.63, 3.8) is 0 Å². The van der Waals surface area contributed by atoms with Gasteiger partial charge in [0.25, 0.3) is 0 Å². The maximum atomic E-state index is 8.84. The minimum absolute atomic E-state index is 0.322. The molecule has 1 N–H and O–H groups in total. The number of hydrogen-bond acceptors (Lipinski definition) is 2. The molecule has 1 atom stereocenters. The molecule has 0 saturated heterocycles. The molecule has 0 aliphatic carbocycles. The molecule has 0 rings (SSSR count). The van der Waals surface area contributed by atoms with Crippen LogP contribution in [0.2, 0.25) is 0 Å².